The lowest BCUT2D eigenvalue weighted by molar-refractivity contribution is 0.128. The highest BCUT2D eigenvalue weighted by molar-refractivity contribution is 9.09. The molecule has 0 saturated heterocycles. The Bertz CT molecular complexity index is 1700. The molecule has 0 atom stereocenters. The summed E-state index contributed by atoms with van der Waals surface area (Å²) in [6.07, 6.45) is 0. The van der Waals surface area contributed by atoms with Gasteiger partial charge in [0.05, 0.1) is 9.79 Å². The molecule has 0 aromatic heterocycles. The molecule has 0 aliphatic carbocycles. The fraction of sp³-hybridized carbons (Fsp3) is 0.333. The van der Waals surface area contributed by atoms with Gasteiger partial charge in [-0.1, -0.05) is 96.6 Å². The fourth-order valence-corrected chi connectivity index (χ4v) is 7.81. The molecule has 4 aromatic rings. The molecule has 4 nitrogen and oxygen atoms in total. The summed E-state index contributed by atoms with van der Waals surface area (Å²) < 4.78 is 39.5. The van der Waals surface area contributed by atoms with Gasteiger partial charge >= 0.3 is 0 Å². The molecule has 0 heterocycles. The molecule has 0 aliphatic heterocycles. The maximum atomic E-state index is 13.4. The normalized spacial score (nSPS) is 12.3. The summed E-state index contributed by atoms with van der Waals surface area (Å²) in [5.74, 6) is 2.18. The molecule has 0 saturated carbocycles. The van der Waals surface area contributed by atoms with E-state index < -0.39 is 9.84 Å². The van der Waals surface area contributed by atoms with E-state index in [9.17, 15) is 8.42 Å². The van der Waals surface area contributed by atoms with Crippen LogP contribution in [0.5, 0.6) is 17.2 Å². The van der Waals surface area contributed by atoms with Gasteiger partial charge in [-0.3, -0.25) is 0 Å². The zero-order valence-corrected chi connectivity index (χ0v) is 33.5. The van der Waals surface area contributed by atoms with Crippen LogP contribution >= 0.6 is 63.7 Å². The minimum atomic E-state index is -3.66. The second-order valence-electron chi connectivity index (χ2n) is 12.8. The molecule has 45 heavy (non-hydrogen) atoms. The molecule has 0 unspecified atom stereocenters. The molecular formula is C36H38Br4O4S. The maximum absolute atomic E-state index is 13.4. The Morgan fingerprint density at radius 2 is 0.956 bits per heavy atom. The van der Waals surface area contributed by atoms with Crippen molar-refractivity contribution in [2.75, 3.05) is 0 Å². The molecule has 0 radical (unpaired) electrons. The first-order chi connectivity index (χ1) is 21.1. The third kappa shape index (κ3) is 8.64. The van der Waals surface area contributed by atoms with Gasteiger partial charge < -0.3 is 9.47 Å². The van der Waals surface area contributed by atoms with Gasteiger partial charge in [0.1, 0.15) is 22.8 Å². The zero-order chi connectivity index (χ0) is 33.2. The average molecular weight is 886 g/mol. The first-order valence-electron chi connectivity index (χ1n) is 14.5. The highest BCUT2D eigenvalue weighted by atomic mass is 79.9. The molecule has 240 valence electrons. The smallest absolute Gasteiger partial charge is 0.206 e. The van der Waals surface area contributed by atoms with Crippen LogP contribution in [0.1, 0.15) is 69.4 Å². The summed E-state index contributed by atoms with van der Waals surface area (Å²) in [4.78, 5) is 0.492. The van der Waals surface area contributed by atoms with Gasteiger partial charge in [0.2, 0.25) is 9.84 Å². The Kier molecular flexibility index (Phi) is 11.8. The second-order valence-corrected chi connectivity index (χ2v) is 17.0. The Morgan fingerprint density at radius 1 is 0.578 bits per heavy atom. The second kappa shape index (κ2) is 14.6. The fourth-order valence-electron chi connectivity index (χ4n) is 4.88. The number of halogens is 4. The SMILES string of the molecule is CC(C)(C)Oc1c(CBr)cc(-c2cc(CBr)c(Oc3ccc(S(=O)(=O)c4ccc(C(C)(C)C)cc4)cc3)c(CBr)c2)cc1CBr. The maximum Gasteiger partial charge on any atom is 0.206 e. The topological polar surface area (TPSA) is 52.6 Å². The standard InChI is InChI=1S/C36H38Br4O4S/c1-35(2,3)29-7-11-31(12-8-29)45(41,42)32-13-9-30(10-14-32)43-33-25(19-37)15-23(16-26(33)20-38)24-17-27(21-39)34(28(18-24)22-40)44-36(4,5)6/h7-18H,19-22H2,1-6H3. The summed E-state index contributed by atoms with van der Waals surface area (Å²) >= 11 is 14.7. The molecule has 0 spiro atoms. The number of sulfone groups is 1. The molecule has 0 amide bonds. The monoisotopic (exact) mass is 882 g/mol. The van der Waals surface area contributed by atoms with Gasteiger partial charge in [0.15, 0.2) is 0 Å². The predicted octanol–water partition coefficient (Wildman–Crippen LogP) is 12.0. The van der Waals surface area contributed by atoms with Gasteiger partial charge in [-0.15, -0.1) is 0 Å². The first kappa shape index (κ1) is 36.2. The van der Waals surface area contributed by atoms with Crippen molar-refractivity contribution in [2.45, 2.75) is 83.7 Å². The van der Waals surface area contributed by atoms with Crippen molar-refractivity contribution in [1.82, 2.24) is 0 Å². The van der Waals surface area contributed by atoms with Crippen LogP contribution in [0, 0.1) is 0 Å². The zero-order valence-electron chi connectivity index (χ0n) is 26.3. The van der Waals surface area contributed by atoms with E-state index in [1.54, 1.807) is 36.4 Å². The van der Waals surface area contributed by atoms with E-state index in [1.807, 2.05) is 12.1 Å². The van der Waals surface area contributed by atoms with E-state index in [4.69, 9.17) is 9.47 Å². The van der Waals surface area contributed by atoms with Gasteiger partial charge in [-0.2, -0.15) is 0 Å². The quantitative estimate of drug-likeness (QED) is 0.149. The van der Waals surface area contributed by atoms with Crippen molar-refractivity contribution in [3.8, 4) is 28.4 Å². The van der Waals surface area contributed by atoms with E-state index in [-0.39, 0.29) is 20.8 Å². The third-order valence-corrected chi connectivity index (χ3v) is 11.4. The number of rotatable bonds is 10. The Hall–Kier alpha value is -1.65. The van der Waals surface area contributed by atoms with Crippen molar-refractivity contribution in [3.63, 3.8) is 0 Å². The number of ether oxygens (including phenoxy) is 2. The minimum absolute atomic E-state index is 0.0553. The van der Waals surface area contributed by atoms with Crippen LogP contribution in [0.25, 0.3) is 11.1 Å². The number of hydrogen-bond acceptors (Lipinski definition) is 4. The summed E-state index contributed by atoms with van der Waals surface area (Å²) in [6.45, 7) is 12.5. The van der Waals surface area contributed by atoms with Crippen molar-refractivity contribution in [2.24, 2.45) is 0 Å². The van der Waals surface area contributed by atoms with Crippen molar-refractivity contribution in [3.05, 3.63) is 101 Å². The van der Waals surface area contributed by atoms with Crippen LogP contribution in [0.15, 0.2) is 82.6 Å². The Labute approximate surface area is 301 Å². The van der Waals surface area contributed by atoms with Crippen LogP contribution in [-0.4, -0.2) is 14.0 Å². The van der Waals surface area contributed by atoms with Crippen molar-refractivity contribution < 1.29 is 17.9 Å². The predicted molar refractivity (Wildman–Crippen MR) is 200 cm³/mol. The molecule has 4 aromatic carbocycles. The molecule has 9 heteroatoms. The lowest BCUT2D eigenvalue weighted by Crippen LogP contribution is -2.24. The highest BCUT2D eigenvalue weighted by Crippen LogP contribution is 2.40. The van der Waals surface area contributed by atoms with Gasteiger partial charge in [-0.05, 0) is 104 Å². The molecule has 4 rings (SSSR count). The highest BCUT2D eigenvalue weighted by Gasteiger charge is 2.22. The molecule has 0 bridgehead atoms. The number of hydrogen-bond donors (Lipinski definition) is 0. The van der Waals surface area contributed by atoms with Crippen molar-refractivity contribution in [1.29, 1.82) is 0 Å². The Balaban J connectivity index is 1.66. The molecular weight excluding hydrogens is 848 g/mol. The molecule has 0 fully saturated rings. The Morgan fingerprint density at radius 3 is 1.31 bits per heavy atom. The van der Waals surface area contributed by atoms with Gasteiger partial charge in [-0.25, -0.2) is 8.42 Å². The number of alkyl halides is 4. The van der Waals surface area contributed by atoms with Crippen LogP contribution < -0.4 is 9.47 Å². The summed E-state index contributed by atoms with van der Waals surface area (Å²) in [6, 6.07) is 22.3. The van der Waals surface area contributed by atoms with Crippen LogP contribution in [-0.2, 0) is 36.6 Å². The van der Waals surface area contributed by atoms with E-state index in [1.165, 1.54) is 0 Å². The lowest BCUT2D eigenvalue weighted by atomic mass is 9.87. The van der Waals surface area contributed by atoms with E-state index in [2.05, 4.69) is 130 Å². The number of benzene rings is 4. The van der Waals surface area contributed by atoms with E-state index in [0.29, 0.717) is 27.1 Å². The van der Waals surface area contributed by atoms with Gasteiger partial charge in [0.25, 0.3) is 0 Å². The first-order valence-corrected chi connectivity index (χ1v) is 20.5. The molecule has 0 N–H and O–H groups in total. The van der Waals surface area contributed by atoms with Crippen LogP contribution in [0.3, 0.4) is 0 Å². The van der Waals surface area contributed by atoms with Crippen LogP contribution in [0.2, 0.25) is 0 Å². The van der Waals surface area contributed by atoms with Crippen molar-refractivity contribution >= 4 is 73.6 Å². The third-order valence-electron chi connectivity index (χ3n) is 7.19. The minimum Gasteiger partial charge on any atom is -0.488 e. The largest absolute Gasteiger partial charge is 0.488 e. The lowest BCUT2D eigenvalue weighted by Gasteiger charge is -2.26. The molecule has 0 aliphatic rings. The summed E-state index contributed by atoms with van der Waals surface area (Å²) in [5.41, 5.74) is 6.98. The van der Waals surface area contributed by atoms with E-state index >= 15 is 0 Å². The summed E-state index contributed by atoms with van der Waals surface area (Å²) in [5, 5.41) is 2.49. The summed E-state index contributed by atoms with van der Waals surface area (Å²) in [7, 11) is -3.66. The average Bonchev–Trinajstić information content (AvgIpc) is 3.00. The van der Waals surface area contributed by atoms with E-state index in [0.717, 1.165) is 50.4 Å². The van der Waals surface area contributed by atoms with Crippen LogP contribution in [0.4, 0.5) is 0 Å². The van der Waals surface area contributed by atoms with Gasteiger partial charge in [0, 0.05) is 43.6 Å².